The molecule has 5 nitrogen and oxygen atoms in total. The van der Waals surface area contributed by atoms with Gasteiger partial charge in [0.1, 0.15) is 4.83 Å². The van der Waals surface area contributed by atoms with Crippen LogP contribution in [0.15, 0.2) is 35.1 Å². The Hall–Kier alpha value is -2.47. The maximum absolute atomic E-state index is 12.2. The van der Waals surface area contributed by atoms with Gasteiger partial charge in [0.25, 0.3) is 5.56 Å². The number of fused-ring (bicyclic) bond motifs is 1. The molecular weight excluding hydrogens is 288 g/mol. The van der Waals surface area contributed by atoms with Gasteiger partial charge < -0.3 is 10.1 Å². The normalized spacial score (nSPS) is 10.9. The predicted molar refractivity (Wildman–Crippen MR) is 81.2 cm³/mol. The summed E-state index contributed by atoms with van der Waals surface area (Å²) in [5, 5.41) is 9.44. The predicted octanol–water partition coefficient (Wildman–Crippen LogP) is 2.58. The smallest absolute Gasteiger partial charge is 0.372 e. The molecule has 21 heavy (non-hydrogen) atoms. The molecule has 0 saturated heterocycles. The van der Waals surface area contributed by atoms with Crippen LogP contribution >= 0.6 is 11.3 Å². The van der Waals surface area contributed by atoms with E-state index in [4.69, 9.17) is 5.11 Å². The highest BCUT2D eigenvalue weighted by Crippen LogP contribution is 2.28. The molecule has 0 bridgehead atoms. The highest BCUT2D eigenvalue weighted by atomic mass is 32.1. The van der Waals surface area contributed by atoms with Crippen LogP contribution in [0.5, 0.6) is 0 Å². The van der Waals surface area contributed by atoms with E-state index in [1.54, 1.807) is 0 Å². The van der Waals surface area contributed by atoms with E-state index in [1.165, 1.54) is 11.3 Å². The maximum atomic E-state index is 12.2. The maximum Gasteiger partial charge on any atom is 0.372 e. The fraction of sp³-hybridized carbons (Fsp3) is 0.133. The summed E-state index contributed by atoms with van der Waals surface area (Å²) in [7, 11) is 0. The van der Waals surface area contributed by atoms with Crippen LogP contribution in [-0.2, 0) is 6.42 Å². The first-order chi connectivity index (χ1) is 10.1. The van der Waals surface area contributed by atoms with E-state index in [1.807, 2.05) is 37.3 Å². The number of aromatic amines is 1. The van der Waals surface area contributed by atoms with E-state index in [-0.39, 0.29) is 5.82 Å². The molecule has 1 aromatic carbocycles. The lowest BCUT2D eigenvalue weighted by Crippen LogP contribution is -2.15. The van der Waals surface area contributed by atoms with Crippen LogP contribution in [0.3, 0.4) is 0 Å². The molecule has 0 radical (unpaired) electrons. The second-order valence-corrected chi connectivity index (χ2v) is 5.90. The highest BCUT2D eigenvalue weighted by molar-refractivity contribution is 7.18. The molecule has 2 heterocycles. The summed E-state index contributed by atoms with van der Waals surface area (Å²) in [6.07, 6.45) is 0.629. The zero-order chi connectivity index (χ0) is 15.0. The lowest BCUT2D eigenvalue weighted by Gasteiger charge is -2.02. The van der Waals surface area contributed by atoms with Crippen molar-refractivity contribution in [1.82, 2.24) is 9.97 Å². The Morgan fingerprint density at radius 3 is 2.71 bits per heavy atom. The quantitative estimate of drug-likeness (QED) is 0.778. The van der Waals surface area contributed by atoms with Crippen molar-refractivity contribution in [3.63, 3.8) is 0 Å². The standard InChI is InChI=1S/C15H12N2O3S/c1-8-10(7-9-5-3-2-4-6-9)11-13(18)16-12(15(19)20)17-14(11)21-8/h2-6H,7H2,1H3,(H,19,20)(H,16,17,18). The van der Waals surface area contributed by atoms with Gasteiger partial charge in [0.2, 0.25) is 5.82 Å². The number of hydrogen-bond acceptors (Lipinski definition) is 4. The van der Waals surface area contributed by atoms with E-state index in [0.29, 0.717) is 16.6 Å². The molecule has 0 amide bonds. The van der Waals surface area contributed by atoms with Gasteiger partial charge in [0.15, 0.2) is 0 Å². The number of hydrogen-bond donors (Lipinski definition) is 2. The number of aromatic nitrogens is 2. The average Bonchev–Trinajstić information content (AvgIpc) is 2.76. The van der Waals surface area contributed by atoms with Gasteiger partial charge in [0, 0.05) is 4.88 Å². The lowest BCUT2D eigenvalue weighted by molar-refractivity contribution is 0.0683. The summed E-state index contributed by atoms with van der Waals surface area (Å²) in [4.78, 5) is 30.9. The molecule has 0 saturated carbocycles. The van der Waals surface area contributed by atoms with Crippen LogP contribution in [0.4, 0.5) is 0 Å². The van der Waals surface area contributed by atoms with Gasteiger partial charge in [0.05, 0.1) is 5.39 Å². The van der Waals surface area contributed by atoms with Crippen molar-refractivity contribution >= 4 is 27.5 Å². The van der Waals surface area contributed by atoms with Gasteiger partial charge in [-0.05, 0) is 24.5 Å². The Morgan fingerprint density at radius 1 is 1.33 bits per heavy atom. The minimum atomic E-state index is -1.23. The van der Waals surface area contributed by atoms with Crippen molar-refractivity contribution in [1.29, 1.82) is 0 Å². The molecule has 0 spiro atoms. The lowest BCUT2D eigenvalue weighted by atomic mass is 10.0. The van der Waals surface area contributed by atoms with Crippen LogP contribution in [0.2, 0.25) is 0 Å². The van der Waals surface area contributed by atoms with E-state index in [2.05, 4.69) is 9.97 Å². The number of nitrogens with zero attached hydrogens (tertiary/aromatic N) is 1. The van der Waals surface area contributed by atoms with Crippen LogP contribution in [0.1, 0.15) is 26.6 Å². The van der Waals surface area contributed by atoms with E-state index >= 15 is 0 Å². The van der Waals surface area contributed by atoms with Crippen molar-refractivity contribution < 1.29 is 9.90 Å². The number of carboxylic acid groups (broad SMARTS) is 1. The van der Waals surface area contributed by atoms with Gasteiger partial charge in [-0.15, -0.1) is 11.3 Å². The third-order valence-corrected chi connectivity index (χ3v) is 4.33. The van der Waals surface area contributed by atoms with Gasteiger partial charge in [-0.2, -0.15) is 0 Å². The molecule has 3 aromatic rings. The van der Waals surface area contributed by atoms with E-state index in [0.717, 1.165) is 16.0 Å². The van der Waals surface area contributed by atoms with Gasteiger partial charge in [-0.1, -0.05) is 30.3 Å². The molecule has 6 heteroatoms. The molecule has 0 aliphatic heterocycles. The molecule has 0 aliphatic rings. The summed E-state index contributed by atoms with van der Waals surface area (Å²) in [5.74, 6) is -1.55. The second kappa shape index (κ2) is 5.14. The molecule has 0 aliphatic carbocycles. The molecule has 0 fully saturated rings. The molecule has 0 unspecified atom stereocenters. The fourth-order valence-corrected chi connectivity index (χ4v) is 3.33. The minimum absolute atomic E-state index is 0.319. The van der Waals surface area contributed by atoms with E-state index < -0.39 is 11.5 Å². The second-order valence-electron chi connectivity index (χ2n) is 4.70. The van der Waals surface area contributed by atoms with Gasteiger partial charge >= 0.3 is 5.97 Å². The number of H-pyrrole nitrogens is 1. The zero-order valence-corrected chi connectivity index (χ0v) is 12.0. The highest BCUT2D eigenvalue weighted by Gasteiger charge is 2.17. The van der Waals surface area contributed by atoms with Crippen molar-refractivity contribution in [2.24, 2.45) is 0 Å². The first-order valence-electron chi connectivity index (χ1n) is 6.36. The van der Waals surface area contributed by atoms with Crippen LogP contribution in [-0.4, -0.2) is 21.0 Å². The molecular formula is C15H12N2O3S. The molecule has 3 rings (SSSR count). The first kappa shape index (κ1) is 13.5. The van der Waals surface area contributed by atoms with Crippen LogP contribution < -0.4 is 5.56 Å². The number of aryl methyl sites for hydroxylation is 1. The van der Waals surface area contributed by atoms with Crippen molar-refractivity contribution in [3.8, 4) is 0 Å². The number of nitrogens with one attached hydrogen (secondary N) is 1. The topological polar surface area (TPSA) is 83.0 Å². The third kappa shape index (κ3) is 2.45. The monoisotopic (exact) mass is 300 g/mol. The Labute approximate surface area is 123 Å². The fourth-order valence-electron chi connectivity index (χ4n) is 2.29. The first-order valence-corrected chi connectivity index (χ1v) is 7.17. The average molecular weight is 300 g/mol. The van der Waals surface area contributed by atoms with Crippen molar-refractivity contribution in [3.05, 3.63) is 62.5 Å². The van der Waals surface area contributed by atoms with Crippen molar-refractivity contribution in [2.45, 2.75) is 13.3 Å². The number of aromatic carboxylic acids is 1. The molecule has 2 aromatic heterocycles. The molecule has 106 valence electrons. The Balaban J connectivity index is 2.18. The summed E-state index contributed by atoms with van der Waals surface area (Å²) < 4.78 is 0. The number of thiophene rings is 1. The van der Waals surface area contributed by atoms with Gasteiger partial charge in [-0.3, -0.25) is 4.79 Å². The van der Waals surface area contributed by atoms with Crippen LogP contribution in [0.25, 0.3) is 10.2 Å². The van der Waals surface area contributed by atoms with Crippen LogP contribution in [0, 0.1) is 6.92 Å². The Bertz CT molecular complexity index is 881. The molecule has 2 N–H and O–H groups in total. The van der Waals surface area contributed by atoms with Crippen molar-refractivity contribution in [2.75, 3.05) is 0 Å². The number of benzene rings is 1. The third-order valence-electron chi connectivity index (χ3n) is 3.29. The van der Waals surface area contributed by atoms with E-state index in [9.17, 15) is 9.59 Å². The summed E-state index contributed by atoms with van der Waals surface area (Å²) in [6, 6.07) is 9.83. The largest absolute Gasteiger partial charge is 0.475 e. The zero-order valence-electron chi connectivity index (χ0n) is 11.2. The summed E-state index contributed by atoms with van der Waals surface area (Å²) >= 11 is 1.35. The minimum Gasteiger partial charge on any atom is -0.475 e. The number of rotatable bonds is 3. The Morgan fingerprint density at radius 2 is 2.05 bits per heavy atom. The SMILES string of the molecule is Cc1sc2nc(C(=O)O)[nH]c(=O)c2c1Cc1ccccc1. The Kier molecular flexibility index (Phi) is 3.31. The number of carbonyl (C=O) groups is 1. The number of carboxylic acids is 1. The molecule has 0 atom stereocenters. The summed E-state index contributed by atoms with van der Waals surface area (Å²) in [5.41, 5.74) is 1.61. The van der Waals surface area contributed by atoms with Gasteiger partial charge in [-0.25, -0.2) is 9.78 Å². The summed E-state index contributed by atoms with van der Waals surface area (Å²) in [6.45, 7) is 1.92.